The van der Waals surface area contributed by atoms with Crippen molar-refractivity contribution in [2.24, 2.45) is 0 Å². The molecule has 3 aromatic rings. The van der Waals surface area contributed by atoms with Crippen molar-refractivity contribution in [1.29, 1.82) is 0 Å². The zero-order valence-electron chi connectivity index (χ0n) is 10.6. The van der Waals surface area contributed by atoms with E-state index in [0.717, 1.165) is 5.52 Å². The van der Waals surface area contributed by atoms with E-state index in [9.17, 15) is 5.11 Å². The minimum Gasteiger partial charge on any atom is -0.508 e. The van der Waals surface area contributed by atoms with Gasteiger partial charge in [-0.25, -0.2) is 9.97 Å². The maximum Gasteiger partial charge on any atom is 0.180 e. The van der Waals surface area contributed by atoms with E-state index < -0.39 is 0 Å². The zero-order valence-corrected chi connectivity index (χ0v) is 10.6. The molecule has 100 valence electrons. The molecule has 0 spiro atoms. The highest BCUT2D eigenvalue weighted by Gasteiger charge is 2.03. The van der Waals surface area contributed by atoms with Gasteiger partial charge in [0.25, 0.3) is 0 Å². The molecule has 20 heavy (non-hydrogen) atoms. The molecule has 0 atom stereocenters. The molecule has 0 aliphatic rings. The molecule has 6 nitrogen and oxygen atoms in total. The van der Waals surface area contributed by atoms with E-state index in [1.807, 2.05) is 12.1 Å². The largest absolute Gasteiger partial charge is 0.508 e. The van der Waals surface area contributed by atoms with Gasteiger partial charge in [-0.15, -0.1) is 0 Å². The van der Waals surface area contributed by atoms with E-state index in [0.29, 0.717) is 29.3 Å². The predicted molar refractivity (Wildman–Crippen MR) is 77.2 cm³/mol. The third-order valence-corrected chi connectivity index (χ3v) is 2.90. The lowest BCUT2D eigenvalue weighted by molar-refractivity contribution is 0.469. The molecule has 4 N–H and O–H groups in total. The van der Waals surface area contributed by atoms with Crippen LogP contribution in [0.1, 0.15) is 5.56 Å². The van der Waals surface area contributed by atoms with Crippen molar-refractivity contribution in [3.8, 4) is 5.75 Å². The second-order valence-corrected chi connectivity index (χ2v) is 4.34. The Labute approximate surface area is 115 Å². The molecule has 2 heterocycles. The number of phenols is 1. The van der Waals surface area contributed by atoms with Gasteiger partial charge in [0, 0.05) is 30.2 Å². The lowest BCUT2D eigenvalue weighted by atomic mass is 10.2. The number of nitrogens with two attached hydrogens (primary N) is 1. The summed E-state index contributed by atoms with van der Waals surface area (Å²) in [5, 5.41) is 12.9. The Hall–Kier alpha value is -2.89. The molecule has 3 rings (SSSR count). The average Bonchev–Trinajstić information content (AvgIpc) is 2.48. The first kappa shape index (κ1) is 12.2. The van der Waals surface area contributed by atoms with Crippen LogP contribution >= 0.6 is 0 Å². The molecule has 0 aliphatic heterocycles. The molecule has 0 amide bonds. The summed E-state index contributed by atoms with van der Waals surface area (Å²) in [7, 11) is 0. The van der Waals surface area contributed by atoms with E-state index in [4.69, 9.17) is 5.73 Å². The molecule has 0 saturated heterocycles. The van der Waals surface area contributed by atoms with Gasteiger partial charge in [0.05, 0.1) is 0 Å². The van der Waals surface area contributed by atoms with Crippen molar-refractivity contribution in [3.63, 3.8) is 0 Å². The van der Waals surface area contributed by atoms with Crippen molar-refractivity contribution in [1.82, 2.24) is 15.0 Å². The summed E-state index contributed by atoms with van der Waals surface area (Å²) >= 11 is 0. The summed E-state index contributed by atoms with van der Waals surface area (Å²) in [5.41, 5.74) is 8.34. The Morgan fingerprint density at radius 3 is 2.85 bits per heavy atom. The van der Waals surface area contributed by atoms with Gasteiger partial charge >= 0.3 is 0 Å². The van der Waals surface area contributed by atoms with Gasteiger partial charge in [-0.1, -0.05) is 0 Å². The van der Waals surface area contributed by atoms with Gasteiger partial charge < -0.3 is 16.2 Å². The topological polar surface area (TPSA) is 97.0 Å². The van der Waals surface area contributed by atoms with Gasteiger partial charge in [0.1, 0.15) is 17.1 Å². The number of hydrogen-bond donors (Lipinski definition) is 3. The SMILES string of the molecule is Nc1ccc(O)c(CNc2ccc3nccnc3n2)c1. The molecule has 0 saturated carbocycles. The normalized spacial score (nSPS) is 10.6. The highest BCUT2D eigenvalue weighted by atomic mass is 16.3. The van der Waals surface area contributed by atoms with Crippen LogP contribution in [-0.4, -0.2) is 20.1 Å². The predicted octanol–water partition coefficient (Wildman–Crippen LogP) is 1.92. The summed E-state index contributed by atoms with van der Waals surface area (Å²) < 4.78 is 0. The third kappa shape index (κ3) is 2.44. The van der Waals surface area contributed by atoms with Crippen molar-refractivity contribution in [2.75, 3.05) is 11.1 Å². The number of aromatic nitrogens is 3. The molecular formula is C14H13N5O. The second kappa shape index (κ2) is 5.00. The molecule has 0 aliphatic carbocycles. The first-order valence-electron chi connectivity index (χ1n) is 6.11. The average molecular weight is 267 g/mol. The van der Waals surface area contributed by atoms with Crippen LogP contribution in [0, 0.1) is 0 Å². The first-order chi connectivity index (χ1) is 9.72. The monoisotopic (exact) mass is 267 g/mol. The number of nitrogens with one attached hydrogen (secondary N) is 1. The number of fused-ring (bicyclic) bond motifs is 1. The van der Waals surface area contributed by atoms with Gasteiger partial charge in [-0.2, -0.15) is 0 Å². The molecule has 0 fully saturated rings. The van der Waals surface area contributed by atoms with E-state index in [1.54, 1.807) is 30.6 Å². The van der Waals surface area contributed by atoms with Gasteiger partial charge in [-0.05, 0) is 30.3 Å². The summed E-state index contributed by atoms with van der Waals surface area (Å²) in [4.78, 5) is 12.6. The molecule has 2 aromatic heterocycles. The number of aromatic hydroxyl groups is 1. The second-order valence-electron chi connectivity index (χ2n) is 4.34. The van der Waals surface area contributed by atoms with Crippen molar-refractivity contribution in [3.05, 3.63) is 48.3 Å². The Balaban J connectivity index is 1.81. The lowest BCUT2D eigenvalue weighted by Gasteiger charge is -2.08. The number of phenolic OH excluding ortho intramolecular Hbond substituents is 1. The van der Waals surface area contributed by atoms with Crippen LogP contribution < -0.4 is 11.1 Å². The minimum absolute atomic E-state index is 0.201. The maximum atomic E-state index is 9.75. The Morgan fingerprint density at radius 1 is 1.10 bits per heavy atom. The molecule has 6 heteroatoms. The van der Waals surface area contributed by atoms with Crippen LogP contribution in [0.15, 0.2) is 42.7 Å². The molecule has 0 bridgehead atoms. The summed E-state index contributed by atoms with van der Waals surface area (Å²) in [6.45, 7) is 0.426. The number of nitrogens with zero attached hydrogens (tertiary/aromatic N) is 3. The quantitative estimate of drug-likeness (QED) is 0.495. The van der Waals surface area contributed by atoms with E-state index in [-0.39, 0.29) is 5.75 Å². The number of hydrogen-bond acceptors (Lipinski definition) is 6. The Morgan fingerprint density at radius 2 is 1.95 bits per heavy atom. The number of anilines is 2. The van der Waals surface area contributed by atoms with Crippen molar-refractivity contribution in [2.45, 2.75) is 6.54 Å². The van der Waals surface area contributed by atoms with Crippen LogP contribution in [-0.2, 0) is 6.54 Å². The summed E-state index contributed by atoms with van der Waals surface area (Å²) in [6, 6.07) is 8.62. The lowest BCUT2D eigenvalue weighted by Crippen LogP contribution is -2.03. The summed E-state index contributed by atoms with van der Waals surface area (Å²) in [5.74, 6) is 0.868. The van der Waals surface area contributed by atoms with Gasteiger partial charge in [0.15, 0.2) is 5.65 Å². The van der Waals surface area contributed by atoms with Crippen LogP contribution in [0.4, 0.5) is 11.5 Å². The Bertz CT molecular complexity index is 759. The maximum absolute atomic E-state index is 9.75. The van der Waals surface area contributed by atoms with E-state index in [1.165, 1.54) is 0 Å². The fourth-order valence-electron chi connectivity index (χ4n) is 1.89. The zero-order chi connectivity index (χ0) is 13.9. The molecule has 1 aromatic carbocycles. The first-order valence-corrected chi connectivity index (χ1v) is 6.11. The molecular weight excluding hydrogens is 254 g/mol. The van der Waals surface area contributed by atoms with Crippen molar-refractivity contribution < 1.29 is 5.11 Å². The van der Waals surface area contributed by atoms with Crippen LogP contribution in [0.25, 0.3) is 11.2 Å². The molecule has 0 radical (unpaired) electrons. The fourth-order valence-corrected chi connectivity index (χ4v) is 1.89. The van der Waals surface area contributed by atoms with Crippen molar-refractivity contribution >= 4 is 22.7 Å². The summed E-state index contributed by atoms with van der Waals surface area (Å²) in [6.07, 6.45) is 3.23. The number of benzene rings is 1. The van der Waals surface area contributed by atoms with Gasteiger partial charge in [0.2, 0.25) is 0 Å². The number of rotatable bonds is 3. The van der Waals surface area contributed by atoms with Gasteiger partial charge in [-0.3, -0.25) is 4.98 Å². The number of pyridine rings is 1. The fraction of sp³-hybridized carbons (Fsp3) is 0.0714. The minimum atomic E-state index is 0.201. The van der Waals surface area contributed by atoms with Crippen LogP contribution in [0.2, 0.25) is 0 Å². The van der Waals surface area contributed by atoms with E-state index in [2.05, 4.69) is 20.3 Å². The smallest absolute Gasteiger partial charge is 0.180 e. The number of nitrogen functional groups attached to an aromatic ring is 1. The standard InChI is InChI=1S/C14H13N5O/c15-10-1-3-12(20)9(7-10)8-18-13-4-2-11-14(19-13)17-6-5-16-11/h1-7,20H,8,15H2,(H,17,18,19). The van der Waals surface area contributed by atoms with Crippen LogP contribution in [0.3, 0.4) is 0 Å². The highest BCUT2D eigenvalue weighted by molar-refractivity contribution is 5.71. The third-order valence-electron chi connectivity index (χ3n) is 2.90. The molecule has 0 unspecified atom stereocenters. The highest BCUT2D eigenvalue weighted by Crippen LogP contribution is 2.21. The van der Waals surface area contributed by atoms with E-state index >= 15 is 0 Å². The Kier molecular flexibility index (Phi) is 3.04. The van der Waals surface area contributed by atoms with Crippen LogP contribution in [0.5, 0.6) is 5.75 Å².